The molecular formula is C10H21N3OS. The van der Waals surface area contributed by atoms with E-state index in [-0.39, 0.29) is 11.2 Å². The molecule has 2 unspecified atom stereocenters. The van der Waals surface area contributed by atoms with Gasteiger partial charge in [-0.3, -0.25) is 4.79 Å². The van der Waals surface area contributed by atoms with Gasteiger partial charge in [-0.2, -0.15) is 11.8 Å². The average molecular weight is 231 g/mol. The summed E-state index contributed by atoms with van der Waals surface area (Å²) in [5.74, 6) is 0.803. The first-order valence-corrected chi connectivity index (χ1v) is 6.35. The molecule has 5 heteroatoms. The topological polar surface area (TPSA) is 58.4 Å². The van der Waals surface area contributed by atoms with Crippen LogP contribution in [-0.2, 0) is 4.79 Å². The second kappa shape index (κ2) is 5.18. The molecule has 1 amide bonds. The number of nitrogens with one attached hydrogen (secondary N) is 1. The lowest BCUT2D eigenvalue weighted by Crippen LogP contribution is -2.60. The molecule has 0 radical (unpaired) electrons. The van der Waals surface area contributed by atoms with Crippen LogP contribution >= 0.6 is 11.8 Å². The molecule has 0 aromatic carbocycles. The summed E-state index contributed by atoms with van der Waals surface area (Å²) in [6, 6.07) is 0. The minimum Gasteiger partial charge on any atom is -0.368 e. The Morgan fingerprint density at radius 3 is 2.73 bits per heavy atom. The van der Waals surface area contributed by atoms with Gasteiger partial charge in [-0.1, -0.05) is 6.92 Å². The molecule has 2 atom stereocenters. The number of carbonyl (C=O) groups excluding carboxylic acids is 1. The highest BCUT2D eigenvalue weighted by molar-refractivity contribution is 8.00. The van der Waals surface area contributed by atoms with Gasteiger partial charge in [0.25, 0.3) is 0 Å². The van der Waals surface area contributed by atoms with Gasteiger partial charge < -0.3 is 16.0 Å². The Morgan fingerprint density at radius 2 is 2.33 bits per heavy atom. The Kier molecular flexibility index (Phi) is 4.43. The fourth-order valence-corrected chi connectivity index (χ4v) is 3.28. The molecule has 0 saturated carbocycles. The Hall–Kier alpha value is -0.260. The van der Waals surface area contributed by atoms with Gasteiger partial charge in [-0.05, 0) is 26.3 Å². The van der Waals surface area contributed by atoms with Crippen molar-refractivity contribution in [2.75, 3.05) is 32.9 Å². The summed E-state index contributed by atoms with van der Waals surface area (Å²) < 4.78 is 0. The molecule has 4 nitrogen and oxygen atoms in total. The van der Waals surface area contributed by atoms with Gasteiger partial charge in [0, 0.05) is 18.3 Å². The van der Waals surface area contributed by atoms with E-state index in [9.17, 15) is 4.79 Å². The third-order valence-electron chi connectivity index (χ3n) is 3.00. The SMILES string of the molecule is CC1SCCC1(NCCN(C)C)C(N)=O. The number of primary amides is 1. The van der Waals surface area contributed by atoms with Gasteiger partial charge in [0.15, 0.2) is 0 Å². The summed E-state index contributed by atoms with van der Waals surface area (Å²) in [6.45, 7) is 3.80. The van der Waals surface area contributed by atoms with E-state index in [2.05, 4.69) is 17.1 Å². The largest absolute Gasteiger partial charge is 0.368 e. The Balaban J connectivity index is 2.55. The zero-order valence-corrected chi connectivity index (χ0v) is 10.6. The van der Waals surface area contributed by atoms with E-state index in [4.69, 9.17) is 5.73 Å². The van der Waals surface area contributed by atoms with Crippen LogP contribution in [0.1, 0.15) is 13.3 Å². The maximum Gasteiger partial charge on any atom is 0.238 e. The number of rotatable bonds is 5. The lowest BCUT2D eigenvalue weighted by molar-refractivity contribution is -0.124. The van der Waals surface area contributed by atoms with E-state index in [0.717, 1.165) is 25.3 Å². The molecule has 0 spiro atoms. The fraction of sp³-hybridized carbons (Fsp3) is 0.900. The lowest BCUT2D eigenvalue weighted by atomic mass is 9.92. The molecule has 0 aromatic heterocycles. The van der Waals surface area contributed by atoms with E-state index in [0.29, 0.717) is 0 Å². The van der Waals surface area contributed by atoms with E-state index in [1.54, 1.807) is 0 Å². The van der Waals surface area contributed by atoms with E-state index < -0.39 is 5.54 Å². The number of nitrogens with two attached hydrogens (primary N) is 1. The van der Waals surface area contributed by atoms with Crippen molar-refractivity contribution in [1.29, 1.82) is 0 Å². The Labute approximate surface area is 96.0 Å². The van der Waals surface area contributed by atoms with Gasteiger partial charge in [0.05, 0.1) is 0 Å². The molecule has 1 fully saturated rings. The van der Waals surface area contributed by atoms with Crippen LogP contribution in [0.5, 0.6) is 0 Å². The molecule has 0 aliphatic carbocycles. The summed E-state index contributed by atoms with van der Waals surface area (Å²) >= 11 is 1.81. The first-order valence-electron chi connectivity index (χ1n) is 5.30. The van der Waals surface area contributed by atoms with Crippen molar-refractivity contribution in [3.63, 3.8) is 0 Å². The lowest BCUT2D eigenvalue weighted by Gasteiger charge is -2.31. The van der Waals surface area contributed by atoms with Crippen molar-refractivity contribution in [2.45, 2.75) is 24.1 Å². The molecule has 0 aromatic rings. The van der Waals surface area contributed by atoms with Crippen molar-refractivity contribution < 1.29 is 4.79 Å². The number of carbonyl (C=O) groups is 1. The minimum absolute atomic E-state index is 0.209. The molecule has 0 bridgehead atoms. The molecule has 1 aliphatic heterocycles. The predicted molar refractivity (Wildman–Crippen MR) is 65.0 cm³/mol. The quantitative estimate of drug-likeness (QED) is 0.693. The molecular weight excluding hydrogens is 210 g/mol. The van der Waals surface area contributed by atoms with Crippen molar-refractivity contribution in [3.05, 3.63) is 0 Å². The van der Waals surface area contributed by atoms with Crippen LogP contribution in [0.2, 0.25) is 0 Å². The van der Waals surface area contributed by atoms with Crippen LogP contribution in [0.4, 0.5) is 0 Å². The third-order valence-corrected chi connectivity index (χ3v) is 4.34. The first-order chi connectivity index (χ1) is 6.99. The van der Waals surface area contributed by atoms with Crippen LogP contribution in [0, 0.1) is 0 Å². The summed E-state index contributed by atoms with van der Waals surface area (Å²) in [5, 5.41) is 3.61. The maximum atomic E-state index is 11.5. The van der Waals surface area contributed by atoms with Gasteiger partial charge in [-0.15, -0.1) is 0 Å². The maximum absolute atomic E-state index is 11.5. The second-order valence-electron chi connectivity index (χ2n) is 4.33. The van der Waals surface area contributed by atoms with Gasteiger partial charge in [0.2, 0.25) is 5.91 Å². The number of thioether (sulfide) groups is 1. The molecule has 1 aliphatic rings. The van der Waals surface area contributed by atoms with Crippen LogP contribution in [0.3, 0.4) is 0 Å². The van der Waals surface area contributed by atoms with Crippen molar-refractivity contribution >= 4 is 17.7 Å². The molecule has 1 heterocycles. The van der Waals surface area contributed by atoms with Crippen LogP contribution < -0.4 is 11.1 Å². The monoisotopic (exact) mass is 231 g/mol. The Morgan fingerprint density at radius 1 is 1.67 bits per heavy atom. The number of nitrogens with zero attached hydrogens (tertiary/aromatic N) is 1. The fourth-order valence-electron chi connectivity index (χ4n) is 1.89. The highest BCUT2D eigenvalue weighted by Crippen LogP contribution is 2.35. The number of hydrogen-bond acceptors (Lipinski definition) is 4. The number of hydrogen-bond donors (Lipinski definition) is 2. The van der Waals surface area contributed by atoms with Crippen molar-refractivity contribution in [3.8, 4) is 0 Å². The molecule has 88 valence electrons. The summed E-state index contributed by atoms with van der Waals surface area (Å²) in [7, 11) is 4.04. The van der Waals surface area contributed by atoms with Crippen molar-refractivity contribution in [2.24, 2.45) is 5.73 Å². The van der Waals surface area contributed by atoms with Gasteiger partial charge in [0.1, 0.15) is 5.54 Å². The van der Waals surface area contributed by atoms with E-state index in [1.807, 2.05) is 25.9 Å². The highest BCUT2D eigenvalue weighted by atomic mass is 32.2. The molecule has 1 saturated heterocycles. The number of likely N-dealkylation sites (N-methyl/N-ethyl adjacent to an activating group) is 1. The second-order valence-corrected chi connectivity index (χ2v) is 5.78. The first kappa shape index (κ1) is 12.8. The van der Waals surface area contributed by atoms with E-state index >= 15 is 0 Å². The van der Waals surface area contributed by atoms with Gasteiger partial charge >= 0.3 is 0 Å². The normalized spacial score (nSPS) is 31.1. The van der Waals surface area contributed by atoms with Crippen molar-refractivity contribution in [1.82, 2.24) is 10.2 Å². The van der Waals surface area contributed by atoms with Crippen LogP contribution in [0.15, 0.2) is 0 Å². The molecule has 15 heavy (non-hydrogen) atoms. The average Bonchev–Trinajstić information content (AvgIpc) is 2.48. The van der Waals surface area contributed by atoms with Crippen LogP contribution in [-0.4, -0.2) is 54.5 Å². The van der Waals surface area contributed by atoms with Gasteiger partial charge in [-0.25, -0.2) is 0 Å². The summed E-state index contributed by atoms with van der Waals surface area (Å²) in [6.07, 6.45) is 0.849. The zero-order chi connectivity index (χ0) is 11.5. The van der Waals surface area contributed by atoms with Crippen LogP contribution in [0.25, 0.3) is 0 Å². The standard InChI is InChI=1S/C10H21N3OS/c1-8-10(9(11)14,4-7-15-8)12-5-6-13(2)3/h8,12H,4-7H2,1-3H3,(H2,11,14). The summed E-state index contributed by atoms with van der Waals surface area (Å²) in [5.41, 5.74) is 5.03. The summed E-state index contributed by atoms with van der Waals surface area (Å²) in [4.78, 5) is 13.6. The smallest absolute Gasteiger partial charge is 0.238 e. The van der Waals surface area contributed by atoms with E-state index in [1.165, 1.54) is 0 Å². The Bertz CT molecular complexity index is 235. The third kappa shape index (κ3) is 2.86. The zero-order valence-electron chi connectivity index (χ0n) is 9.75. The molecule has 3 N–H and O–H groups in total. The predicted octanol–water partition coefficient (Wildman–Crippen LogP) is -0.113. The minimum atomic E-state index is -0.485. The highest BCUT2D eigenvalue weighted by Gasteiger charge is 2.45. The number of amides is 1. The molecule has 1 rings (SSSR count).